The van der Waals surface area contributed by atoms with Gasteiger partial charge < -0.3 is 5.32 Å². The number of thiophene rings is 1. The molecule has 0 unspecified atom stereocenters. The van der Waals surface area contributed by atoms with Gasteiger partial charge in [-0.2, -0.15) is 13.2 Å². The third kappa shape index (κ3) is 5.02. The highest BCUT2D eigenvalue weighted by Crippen LogP contribution is 2.42. The molecule has 0 saturated heterocycles. The molecule has 0 radical (unpaired) electrons. The van der Waals surface area contributed by atoms with Crippen molar-refractivity contribution in [2.45, 2.75) is 35.7 Å². The fourth-order valence-corrected chi connectivity index (χ4v) is 5.20. The molecule has 1 N–H and O–H groups in total. The molecule has 8 heteroatoms. The van der Waals surface area contributed by atoms with Crippen LogP contribution in [0.25, 0.3) is 0 Å². The lowest BCUT2D eigenvalue weighted by Gasteiger charge is -2.09. The summed E-state index contributed by atoms with van der Waals surface area (Å²) >= 11 is 3.21. The highest BCUT2D eigenvalue weighted by atomic mass is 32.2. The summed E-state index contributed by atoms with van der Waals surface area (Å²) in [5.41, 5.74) is 4.07. The van der Waals surface area contributed by atoms with Crippen molar-refractivity contribution in [1.82, 2.24) is 5.32 Å². The Bertz CT molecular complexity index is 1150. The molecule has 0 saturated carbocycles. The molecule has 1 aromatic heterocycles. The molecular weight excluding hydrogens is 441 g/mol. The molecule has 1 aliphatic rings. The average molecular weight is 461 g/mol. The minimum absolute atomic E-state index is 0.0292. The van der Waals surface area contributed by atoms with Crippen molar-refractivity contribution < 1.29 is 18.0 Å². The van der Waals surface area contributed by atoms with Crippen LogP contribution in [0.4, 0.5) is 18.9 Å². The molecule has 160 valence electrons. The molecule has 2 heterocycles. The lowest BCUT2D eigenvalue weighted by molar-refractivity contribution is -0.135. The maximum absolute atomic E-state index is 12.5. The van der Waals surface area contributed by atoms with E-state index in [4.69, 9.17) is 4.99 Å². The Labute approximate surface area is 186 Å². The Balaban J connectivity index is 1.64. The average Bonchev–Trinajstić information content (AvgIpc) is 3.08. The van der Waals surface area contributed by atoms with Gasteiger partial charge in [0.25, 0.3) is 5.91 Å². The topological polar surface area (TPSA) is 41.5 Å². The summed E-state index contributed by atoms with van der Waals surface area (Å²) in [4.78, 5) is 20.5. The third-order valence-corrected chi connectivity index (χ3v) is 6.98. The number of aliphatic imine (C=N–C) groups is 1. The van der Waals surface area contributed by atoms with Crippen molar-refractivity contribution in [2.75, 3.05) is 6.54 Å². The second-order valence-electron chi connectivity index (χ2n) is 7.15. The summed E-state index contributed by atoms with van der Waals surface area (Å²) in [6, 6.07) is 15.3. The maximum atomic E-state index is 12.5. The fourth-order valence-electron chi connectivity index (χ4n) is 3.26. The number of hydrogen-bond donors (Lipinski definition) is 1. The summed E-state index contributed by atoms with van der Waals surface area (Å²) in [5.74, 6) is -0.402. The standard InChI is InChI=1S/C23H19F3N2OS2/c1-14-9-12-30-21(14)20-16-5-2-3-6-18(16)31-19-8-7-15(13-17(19)28-20)22(29)27-11-4-10-23(24,25)26/h2-3,5-9,12-13H,4,10-11H2,1H3,(H,27,29). The molecule has 4 rings (SSSR count). The Hall–Kier alpha value is -2.58. The number of nitrogens with one attached hydrogen (secondary N) is 1. The number of halogens is 3. The summed E-state index contributed by atoms with van der Waals surface area (Å²) in [7, 11) is 0. The normalized spacial score (nSPS) is 13.1. The van der Waals surface area contributed by atoms with Gasteiger partial charge in [0.05, 0.1) is 16.3 Å². The van der Waals surface area contributed by atoms with E-state index < -0.39 is 18.5 Å². The van der Waals surface area contributed by atoms with Crippen molar-refractivity contribution in [1.29, 1.82) is 0 Å². The highest BCUT2D eigenvalue weighted by molar-refractivity contribution is 7.99. The van der Waals surface area contributed by atoms with Crippen LogP contribution in [0, 0.1) is 6.92 Å². The number of nitrogens with zero attached hydrogens (tertiary/aromatic N) is 1. The van der Waals surface area contributed by atoms with Crippen LogP contribution in [0.2, 0.25) is 0 Å². The van der Waals surface area contributed by atoms with E-state index in [2.05, 4.69) is 17.4 Å². The first-order valence-electron chi connectivity index (χ1n) is 9.71. The zero-order valence-corrected chi connectivity index (χ0v) is 18.3. The molecule has 0 bridgehead atoms. The number of fused-ring (bicyclic) bond motifs is 2. The molecule has 0 fully saturated rings. The van der Waals surface area contributed by atoms with Gasteiger partial charge in [0.1, 0.15) is 0 Å². The first kappa shape index (κ1) is 21.6. The lowest BCUT2D eigenvalue weighted by Crippen LogP contribution is -2.25. The molecule has 0 atom stereocenters. The minimum Gasteiger partial charge on any atom is -0.352 e. The number of carbonyl (C=O) groups excluding carboxylic acids is 1. The number of amides is 1. The predicted molar refractivity (Wildman–Crippen MR) is 119 cm³/mol. The number of alkyl halides is 3. The van der Waals surface area contributed by atoms with Crippen molar-refractivity contribution in [2.24, 2.45) is 4.99 Å². The quantitative estimate of drug-likeness (QED) is 0.334. The molecule has 3 aromatic rings. The van der Waals surface area contributed by atoms with Crippen LogP contribution in [-0.2, 0) is 0 Å². The van der Waals surface area contributed by atoms with E-state index in [0.717, 1.165) is 31.5 Å². The summed E-state index contributed by atoms with van der Waals surface area (Å²) < 4.78 is 36.9. The SMILES string of the molecule is Cc1ccsc1C1=Nc2cc(C(=O)NCCCC(F)(F)F)ccc2Sc2ccccc21. The number of hydrogen-bond acceptors (Lipinski definition) is 4. The third-order valence-electron chi connectivity index (χ3n) is 4.82. The molecule has 31 heavy (non-hydrogen) atoms. The monoisotopic (exact) mass is 460 g/mol. The Morgan fingerprint density at radius 1 is 1.10 bits per heavy atom. The molecule has 3 nitrogen and oxygen atoms in total. The van der Waals surface area contributed by atoms with E-state index >= 15 is 0 Å². The van der Waals surface area contributed by atoms with Gasteiger partial charge >= 0.3 is 6.18 Å². The predicted octanol–water partition coefficient (Wildman–Crippen LogP) is 6.76. The zero-order valence-electron chi connectivity index (χ0n) is 16.6. The van der Waals surface area contributed by atoms with Gasteiger partial charge in [-0.1, -0.05) is 30.0 Å². The van der Waals surface area contributed by atoms with Crippen molar-refractivity contribution >= 4 is 40.4 Å². The smallest absolute Gasteiger partial charge is 0.352 e. The number of rotatable bonds is 5. The summed E-state index contributed by atoms with van der Waals surface area (Å²) in [6.07, 6.45) is -5.28. The fraction of sp³-hybridized carbons (Fsp3) is 0.217. The van der Waals surface area contributed by atoms with Gasteiger partial charge in [0.15, 0.2) is 0 Å². The molecule has 1 amide bonds. The summed E-state index contributed by atoms with van der Waals surface area (Å²) in [5, 5.41) is 4.59. The van der Waals surface area contributed by atoms with Gasteiger partial charge in [-0.3, -0.25) is 4.79 Å². The van der Waals surface area contributed by atoms with E-state index in [0.29, 0.717) is 11.3 Å². The molecule has 0 aliphatic carbocycles. The highest BCUT2D eigenvalue weighted by Gasteiger charge is 2.26. The minimum atomic E-state index is -4.22. The van der Waals surface area contributed by atoms with E-state index in [1.54, 1.807) is 35.2 Å². The largest absolute Gasteiger partial charge is 0.389 e. The molecule has 1 aliphatic heterocycles. The van der Waals surface area contributed by atoms with Crippen molar-refractivity contribution in [3.63, 3.8) is 0 Å². The van der Waals surface area contributed by atoms with Gasteiger partial charge in [0, 0.05) is 33.9 Å². The molecule has 2 aromatic carbocycles. The van der Waals surface area contributed by atoms with Crippen LogP contribution in [-0.4, -0.2) is 24.3 Å². The lowest BCUT2D eigenvalue weighted by atomic mass is 10.1. The van der Waals surface area contributed by atoms with Crippen LogP contribution < -0.4 is 5.32 Å². The van der Waals surface area contributed by atoms with Gasteiger partial charge in [0.2, 0.25) is 0 Å². The van der Waals surface area contributed by atoms with Crippen molar-refractivity contribution in [3.05, 3.63) is 75.5 Å². The van der Waals surface area contributed by atoms with E-state index in [9.17, 15) is 18.0 Å². The second kappa shape index (κ2) is 8.88. The Kier molecular flexibility index (Phi) is 6.20. The van der Waals surface area contributed by atoms with Gasteiger partial charge in [-0.25, -0.2) is 4.99 Å². The van der Waals surface area contributed by atoms with E-state index in [1.165, 1.54) is 0 Å². The number of aryl methyl sites for hydroxylation is 1. The van der Waals surface area contributed by atoms with Crippen molar-refractivity contribution in [3.8, 4) is 0 Å². The second-order valence-corrected chi connectivity index (χ2v) is 9.15. The van der Waals surface area contributed by atoms with Gasteiger partial charge in [-0.05, 0) is 54.6 Å². The first-order valence-corrected chi connectivity index (χ1v) is 11.4. The first-order chi connectivity index (χ1) is 14.8. The molecule has 0 spiro atoms. The number of carbonyl (C=O) groups is 1. The molecular formula is C23H19F3N2OS2. The van der Waals surface area contributed by atoms with Crippen LogP contribution in [0.1, 0.15) is 39.2 Å². The van der Waals surface area contributed by atoms with E-state index in [1.807, 2.05) is 36.6 Å². The number of benzene rings is 2. The van der Waals surface area contributed by atoms with Crippen LogP contribution in [0.15, 0.2) is 68.7 Å². The Morgan fingerprint density at radius 2 is 1.90 bits per heavy atom. The van der Waals surface area contributed by atoms with Crippen LogP contribution >= 0.6 is 23.1 Å². The van der Waals surface area contributed by atoms with E-state index in [-0.39, 0.29) is 13.0 Å². The zero-order chi connectivity index (χ0) is 22.0. The Morgan fingerprint density at radius 3 is 2.65 bits per heavy atom. The van der Waals surface area contributed by atoms with Gasteiger partial charge in [-0.15, -0.1) is 11.3 Å². The van der Waals surface area contributed by atoms with Crippen LogP contribution in [0.5, 0.6) is 0 Å². The maximum Gasteiger partial charge on any atom is 0.389 e. The summed E-state index contributed by atoms with van der Waals surface area (Å²) in [6.45, 7) is 2.01. The van der Waals surface area contributed by atoms with Crippen LogP contribution in [0.3, 0.4) is 0 Å².